The Morgan fingerprint density at radius 3 is 2.55 bits per heavy atom. The lowest BCUT2D eigenvalue weighted by Crippen LogP contribution is -2.40. The summed E-state index contributed by atoms with van der Waals surface area (Å²) >= 11 is 0. The molecule has 2 heterocycles. The van der Waals surface area contributed by atoms with E-state index in [2.05, 4.69) is 0 Å². The van der Waals surface area contributed by atoms with Crippen molar-refractivity contribution in [2.45, 2.75) is 4.90 Å². The third-order valence-electron chi connectivity index (χ3n) is 4.79. The molecule has 0 aliphatic carbocycles. The molecule has 0 radical (unpaired) electrons. The van der Waals surface area contributed by atoms with Crippen LogP contribution >= 0.6 is 0 Å². The molecule has 0 saturated carbocycles. The van der Waals surface area contributed by atoms with Crippen LogP contribution in [0.25, 0.3) is 0 Å². The Bertz CT molecular complexity index is 1130. The highest BCUT2D eigenvalue weighted by atomic mass is 32.2. The Morgan fingerprint density at radius 1 is 1.03 bits per heavy atom. The second-order valence-corrected chi connectivity index (χ2v) is 8.66. The summed E-state index contributed by atoms with van der Waals surface area (Å²) in [5.41, 5.74) is -0.353. The summed E-state index contributed by atoms with van der Waals surface area (Å²) in [6, 6.07) is 7.36. The van der Waals surface area contributed by atoms with E-state index in [4.69, 9.17) is 18.9 Å². The Hall–Kier alpha value is -3.02. The molecule has 0 N–H and O–H groups in total. The first kappa shape index (κ1) is 21.2. The van der Waals surface area contributed by atoms with Crippen LogP contribution in [0.2, 0.25) is 0 Å². The Balaban J connectivity index is 1.47. The lowest BCUT2D eigenvalue weighted by atomic mass is 10.1. The third-order valence-corrected chi connectivity index (χ3v) is 6.69. The van der Waals surface area contributed by atoms with Crippen LogP contribution in [0.4, 0.5) is 4.39 Å². The van der Waals surface area contributed by atoms with Gasteiger partial charge in [-0.3, -0.25) is 4.79 Å². The minimum atomic E-state index is -3.93. The van der Waals surface area contributed by atoms with Crippen LogP contribution in [0.1, 0.15) is 20.7 Å². The second kappa shape index (κ2) is 8.61. The van der Waals surface area contributed by atoms with Crippen LogP contribution in [0, 0.1) is 5.82 Å². The van der Waals surface area contributed by atoms with Gasteiger partial charge in [-0.2, -0.15) is 4.31 Å². The van der Waals surface area contributed by atoms with Crippen molar-refractivity contribution in [3.8, 4) is 11.5 Å². The molecule has 2 aliphatic rings. The highest BCUT2D eigenvalue weighted by Crippen LogP contribution is 2.32. The summed E-state index contributed by atoms with van der Waals surface area (Å²) in [5.74, 6) is -1.76. The molecule has 1 fully saturated rings. The summed E-state index contributed by atoms with van der Waals surface area (Å²) in [6.45, 7) is 0.199. The number of Topliss-reactive ketones (excluding diaryl/α,β-unsaturated/α-hetero) is 1. The first-order valence-corrected chi connectivity index (χ1v) is 10.8. The number of fused-ring (bicyclic) bond motifs is 1. The molecule has 0 unspecified atom stereocenters. The van der Waals surface area contributed by atoms with E-state index in [9.17, 15) is 22.4 Å². The SMILES string of the molecule is O=C(COC(=O)c1cc(S(=O)(=O)N2CCOCC2)ccc1F)c1ccc2c(c1)OCO2. The van der Waals surface area contributed by atoms with Crippen LogP contribution in [-0.2, 0) is 19.5 Å². The number of halogens is 1. The van der Waals surface area contributed by atoms with E-state index in [1.54, 1.807) is 6.07 Å². The fourth-order valence-electron chi connectivity index (χ4n) is 3.12. The first-order valence-electron chi connectivity index (χ1n) is 9.34. The first-order chi connectivity index (χ1) is 14.9. The maximum Gasteiger partial charge on any atom is 0.341 e. The number of hydrogen-bond donors (Lipinski definition) is 0. The number of benzene rings is 2. The molecular formula is C20H18FNO8S. The molecule has 11 heteroatoms. The minimum Gasteiger partial charge on any atom is -0.454 e. The van der Waals surface area contributed by atoms with Crippen molar-refractivity contribution in [2.24, 2.45) is 0 Å². The summed E-state index contributed by atoms with van der Waals surface area (Å²) in [7, 11) is -3.93. The molecule has 0 amide bonds. The van der Waals surface area contributed by atoms with E-state index in [0.717, 1.165) is 18.2 Å². The number of esters is 1. The average Bonchev–Trinajstić information content (AvgIpc) is 3.26. The number of sulfonamides is 1. The molecule has 2 aromatic carbocycles. The summed E-state index contributed by atoms with van der Waals surface area (Å²) in [6.07, 6.45) is 0. The Labute approximate surface area is 177 Å². The van der Waals surface area contributed by atoms with Crippen molar-refractivity contribution in [3.05, 3.63) is 53.3 Å². The smallest absolute Gasteiger partial charge is 0.341 e. The highest BCUT2D eigenvalue weighted by Gasteiger charge is 2.28. The van der Waals surface area contributed by atoms with Gasteiger partial charge in [-0.1, -0.05) is 0 Å². The van der Waals surface area contributed by atoms with E-state index in [-0.39, 0.29) is 43.6 Å². The van der Waals surface area contributed by atoms with Crippen LogP contribution < -0.4 is 9.47 Å². The van der Waals surface area contributed by atoms with E-state index >= 15 is 0 Å². The maximum atomic E-state index is 14.2. The van der Waals surface area contributed by atoms with Gasteiger partial charge in [-0.15, -0.1) is 0 Å². The molecule has 2 aromatic rings. The monoisotopic (exact) mass is 451 g/mol. The van der Waals surface area contributed by atoms with Crippen molar-refractivity contribution in [1.82, 2.24) is 4.31 Å². The fourth-order valence-corrected chi connectivity index (χ4v) is 4.55. The topological polar surface area (TPSA) is 108 Å². The van der Waals surface area contributed by atoms with Gasteiger partial charge in [0.2, 0.25) is 16.8 Å². The maximum absolute atomic E-state index is 14.2. The largest absolute Gasteiger partial charge is 0.454 e. The molecule has 9 nitrogen and oxygen atoms in total. The molecule has 0 atom stereocenters. The molecule has 2 aliphatic heterocycles. The molecular weight excluding hydrogens is 433 g/mol. The summed E-state index contributed by atoms with van der Waals surface area (Å²) < 4.78 is 61.3. The summed E-state index contributed by atoms with van der Waals surface area (Å²) in [4.78, 5) is 24.4. The number of ketones is 1. The zero-order valence-corrected chi connectivity index (χ0v) is 17.0. The molecule has 164 valence electrons. The zero-order chi connectivity index (χ0) is 22.0. The van der Waals surface area contributed by atoms with Gasteiger partial charge in [0.15, 0.2) is 23.9 Å². The van der Waals surface area contributed by atoms with Gasteiger partial charge in [0.25, 0.3) is 0 Å². The molecule has 1 saturated heterocycles. The lowest BCUT2D eigenvalue weighted by molar-refractivity contribution is 0.0469. The van der Waals surface area contributed by atoms with Crippen molar-refractivity contribution >= 4 is 21.8 Å². The second-order valence-electron chi connectivity index (χ2n) is 6.73. The molecule has 0 spiro atoms. The van der Waals surface area contributed by atoms with Gasteiger partial charge in [-0.25, -0.2) is 17.6 Å². The number of rotatable bonds is 6. The van der Waals surface area contributed by atoms with E-state index in [0.29, 0.717) is 11.5 Å². The van der Waals surface area contributed by atoms with E-state index < -0.39 is 39.8 Å². The Kier molecular flexibility index (Phi) is 5.90. The minimum absolute atomic E-state index is 0.0466. The van der Waals surface area contributed by atoms with Gasteiger partial charge in [0.05, 0.1) is 23.7 Å². The number of carbonyl (C=O) groups is 2. The van der Waals surface area contributed by atoms with Crippen LogP contribution in [0.5, 0.6) is 11.5 Å². The molecule has 31 heavy (non-hydrogen) atoms. The van der Waals surface area contributed by atoms with Crippen LogP contribution in [0.15, 0.2) is 41.3 Å². The normalized spacial score (nSPS) is 16.2. The molecule has 4 rings (SSSR count). The number of ether oxygens (including phenoxy) is 4. The fraction of sp³-hybridized carbons (Fsp3) is 0.300. The highest BCUT2D eigenvalue weighted by molar-refractivity contribution is 7.89. The Morgan fingerprint density at radius 2 is 1.77 bits per heavy atom. The number of morpholine rings is 1. The van der Waals surface area contributed by atoms with Gasteiger partial charge >= 0.3 is 5.97 Å². The van der Waals surface area contributed by atoms with E-state index in [1.807, 2.05) is 0 Å². The quantitative estimate of drug-likeness (QED) is 0.482. The third kappa shape index (κ3) is 4.38. The van der Waals surface area contributed by atoms with Crippen molar-refractivity contribution in [2.75, 3.05) is 39.7 Å². The predicted octanol–water partition coefficient (Wildman–Crippen LogP) is 1.61. The van der Waals surface area contributed by atoms with Gasteiger partial charge in [0.1, 0.15) is 5.82 Å². The standard InChI is InChI=1S/C20H18FNO8S/c21-16-3-2-14(31(25,26)22-5-7-27-8-6-22)10-15(16)20(24)28-11-17(23)13-1-4-18-19(9-13)30-12-29-18/h1-4,9-10H,5-8,11-12H2. The van der Waals surface area contributed by atoms with Crippen molar-refractivity contribution in [3.63, 3.8) is 0 Å². The van der Waals surface area contributed by atoms with Crippen molar-refractivity contribution in [1.29, 1.82) is 0 Å². The van der Waals surface area contributed by atoms with Crippen molar-refractivity contribution < 1.29 is 41.3 Å². The van der Waals surface area contributed by atoms with Gasteiger partial charge in [0, 0.05) is 18.7 Å². The van der Waals surface area contributed by atoms with Crippen LogP contribution in [-0.4, -0.2) is 64.2 Å². The molecule has 0 aromatic heterocycles. The zero-order valence-electron chi connectivity index (χ0n) is 16.2. The number of nitrogens with zero attached hydrogens (tertiary/aromatic N) is 1. The number of carbonyl (C=O) groups excluding carboxylic acids is 2. The van der Waals surface area contributed by atoms with Crippen LogP contribution in [0.3, 0.4) is 0 Å². The number of hydrogen-bond acceptors (Lipinski definition) is 8. The predicted molar refractivity (Wildman–Crippen MR) is 103 cm³/mol. The average molecular weight is 451 g/mol. The molecule has 0 bridgehead atoms. The van der Waals surface area contributed by atoms with Gasteiger partial charge in [-0.05, 0) is 36.4 Å². The lowest BCUT2D eigenvalue weighted by Gasteiger charge is -2.26. The summed E-state index contributed by atoms with van der Waals surface area (Å²) in [5, 5.41) is 0. The van der Waals surface area contributed by atoms with Gasteiger partial charge < -0.3 is 18.9 Å². The van der Waals surface area contributed by atoms with E-state index in [1.165, 1.54) is 16.4 Å².